The summed E-state index contributed by atoms with van der Waals surface area (Å²) in [5.74, 6) is -0.870. The Morgan fingerprint density at radius 2 is 2.00 bits per heavy atom. The molecule has 1 rings (SSSR count). The van der Waals surface area contributed by atoms with Crippen LogP contribution in [-0.4, -0.2) is 29.6 Å². The molecule has 4 N–H and O–H groups in total. The van der Waals surface area contributed by atoms with Gasteiger partial charge in [-0.2, -0.15) is 0 Å². The molecule has 0 aromatic carbocycles. The summed E-state index contributed by atoms with van der Waals surface area (Å²) in [6.07, 6.45) is 3.42. The Morgan fingerprint density at radius 3 is 2.44 bits per heavy atom. The Kier molecular flexibility index (Phi) is 4.29. The van der Waals surface area contributed by atoms with E-state index in [1.165, 1.54) is 0 Å². The zero-order chi connectivity index (χ0) is 12.2. The van der Waals surface area contributed by atoms with E-state index in [1.54, 1.807) is 0 Å². The number of hydrogen-bond acceptors (Lipinski definition) is 3. The maximum absolute atomic E-state index is 12.0. The van der Waals surface area contributed by atoms with E-state index in [2.05, 4.69) is 5.32 Å². The van der Waals surface area contributed by atoms with Crippen molar-refractivity contribution in [3.8, 4) is 0 Å². The normalized spacial score (nSPS) is 20.4. The van der Waals surface area contributed by atoms with E-state index in [0.717, 1.165) is 32.1 Å². The lowest BCUT2D eigenvalue weighted by Gasteiger charge is -2.26. The number of carbonyl (C=O) groups excluding carboxylic acids is 2. The van der Waals surface area contributed by atoms with Gasteiger partial charge in [-0.05, 0) is 19.3 Å². The van der Waals surface area contributed by atoms with Gasteiger partial charge in [-0.15, -0.1) is 0 Å². The van der Waals surface area contributed by atoms with E-state index >= 15 is 0 Å². The summed E-state index contributed by atoms with van der Waals surface area (Å²) in [6.45, 7) is 1.91. The van der Waals surface area contributed by atoms with Crippen molar-refractivity contribution < 1.29 is 14.7 Å². The summed E-state index contributed by atoms with van der Waals surface area (Å²) in [6, 6.07) is 0. The van der Waals surface area contributed by atoms with E-state index in [4.69, 9.17) is 5.73 Å². The quantitative estimate of drug-likeness (QED) is 0.614. The van der Waals surface area contributed by atoms with Crippen LogP contribution in [0.5, 0.6) is 0 Å². The van der Waals surface area contributed by atoms with Gasteiger partial charge in [0.2, 0.25) is 11.8 Å². The van der Waals surface area contributed by atoms with Gasteiger partial charge in [-0.25, -0.2) is 0 Å². The summed E-state index contributed by atoms with van der Waals surface area (Å²) in [5, 5.41) is 11.8. The average molecular weight is 228 g/mol. The molecular weight excluding hydrogens is 208 g/mol. The standard InChI is InChI=1S/C11H20N2O3/c1-2-11(5-3-4-6-11)10(16)13-7-8(14)9(12)15/h8,14H,2-7H2,1H3,(H2,12,15)(H,13,16). The highest BCUT2D eigenvalue weighted by atomic mass is 16.3. The maximum atomic E-state index is 12.0. The molecular formula is C11H20N2O3. The van der Waals surface area contributed by atoms with Gasteiger partial charge in [0, 0.05) is 5.41 Å². The molecule has 16 heavy (non-hydrogen) atoms. The number of amides is 2. The minimum atomic E-state index is -1.29. The topological polar surface area (TPSA) is 92.4 Å². The Morgan fingerprint density at radius 1 is 1.44 bits per heavy atom. The molecule has 1 unspecified atom stereocenters. The SMILES string of the molecule is CCC1(C(=O)NCC(O)C(N)=O)CCCC1. The summed E-state index contributed by atoms with van der Waals surface area (Å²) in [5.41, 5.74) is 4.61. The number of nitrogens with one attached hydrogen (secondary N) is 1. The first-order valence-corrected chi connectivity index (χ1v) is 5.77. The molecule has 0 aliphatic heterocycles. The van der Waals surface area contributed by atoms with Gasteiger partial charge in [-0.3, -0.25) is 9.59 Å². The fourth-order valence-electron chi connectivity index (χ4n) is 2.27. The highest BCUT2D eigenvalue weighted by molar-refractivity contribution is 5.84. The Labute approximate surface area is 95.4 Å². The first-order chi connectivity index (χ1) is 7.52. The van der Waals surface area contributed by atoms with Crippen LogP contribution in [0.4, 0.5) is 0 Å². The van der Waals surface area contributed by atoms with Gasteiger partial charge in [0.15, 0.2) is 0 Å². The zero-order valence-electron chi connectivity index (χ0n) is 9.66. The predicted octanol–water partition coefficient (Wildman–Crippen LogP) is -0.0808. The molecule has 0 bridgehead atoms. The number of primary amides is 1. The lowest BCUT2D eigenvalue weighted by molar-refractivity contribution is -0.132. The van der Waals surface area contributed by atoms with Crippen molar-refractivity contribution >= 4 is 11.8 Å². The van der Waals surface area contributed by atoms with Crippen molar-refractivity contribution in [2.75, 3.05) is 6.54 Å². The lowest BCUT2D eigenvalue weighted by atomic mass is 9.82. The number of carbonyl (C=O) groups is 2. The third-order valence-electron chi connectivity index (χ3n) is 3.50. The second kappa shape index (κ2) is 5.30. The van der Waals surface area contributed by atoms with Crippen LogP contribution < -0.4 is 11.1 Å². The van der Waals surface area contributed by atoms with E-state index in [0.29, 0.717) is 0 Å². The van der Waals surface area contributed by atoms with Crippen LogP contribution in [0.1, 0.15) is 39.0 Å². The van der Waals surface area contributed by atoms with Gasteiger partial charge in [-0.1, -0.05) is 19.8 Å². The molecule has 5 nitrogen and oxygen atoms in total. The molecule has 92 valence electrons. The van der Waals surface area contributed by atoms with E-state index in [1.807, 2.05) is 6.92 Å². The second-order valence-electron chi connectivity index (χ2n) is 4.47. The van der Waals surface area contributed by atoms with Crippen LogP contribution >= 0.6 is 0 Å². The molecule has 1 aliphatic rings. The zero-order valence-corrected chi connectivity index (χ0v) is 9.66. The fraction of sp³-hybridized carbons (Fsp3) is 0.818. The third-order valence-corrected chi connectivity index (χ3v) is 3.50. The molecule has 1 fully saturated rings. The average Bonchev–Trinajstić information content (AvgIpc) is 2.74. The van der Waals surface area contributed by atoms with Crippen LogP contribution in [0.3, 0.4) is 0 Å². The Hall–Kier alpha value is -1.10. The smallest absolute Gasteiger partial charge is 0.248 e. The second-order valence-corrected chi connectivity index (χ2v) is 4.47. The van der Waals surface area contributed by atoms with Gasteiger partial charge in [0.1, 0.15) is 6.10 Å². The molecule has 2 amide bonds. The maximum Gasteiger partial charge on any atom is 0.248 e. The molecule has 0 radical (unpaired) electrons. The molecule has 0 heterocycles. The van der Waals surface area contributed by atoms with Crippen molar-refractivity contribution in [1.29, 1.82) is 0 Å². The Bertz CT molecular complexity index is 272. The van der Waals surface area contributed by atoms with Crippen LogP contribution in [0.2, 0.25) is 0 Å². The molecule has 0 saturated heterocycles. The molecule has 0 aromatic heterocycles. The van der Waals surface area contributed by atoms with Crippen LogP contribution in [-0.2, 0) is 9.59 Å². The highest BCUT2D eigenvalue weighted by Gasteiger charge is 2.39. The van der Waals surface area contributed by atoms with Gasteiger partial charge in [0.25, 0.3) is 0 Å². The molecule has 5 heteroatoms. The highest BCUT2D eigenvalue weighted by Crippen LogP contribution is 2.40. The predicted molar refractivity (Wildman–Crippen MR) is 59.4 cm³/mol. The molecule has 1 atom stereocenters. The monoisotopic (exact) mass is 228 g/mol. The number of aliphatic hydroxyl groups excluding tert-OH is 1. The molecule has 0 aromatic rings. The number of rotatable bonds is 5. The minimum Gasteiger partial charge on any atom is -0.381 e. The van der Waals surface area contributed by atoms with E-state index in [-0.39, 0.29) is 17.9 Å². The summed E-state index contributed by atoms with van der Waals surface area (Å²) in [7, 11) is 0. The first kappa shape index (κ1) is 13.0. The molecule has 1 saturated carbocycles. The summed E-state index contributed by atoms with van der Waals surface area (Å²) in [4.78, 5) is 22.6. The minimum absolute atomic E-state index is 0.0622. The summed E-state index contributed by atoms with van der Waals surface area (Å²) >= 11 is 0. The van der Waals surface area contributed by atoms with Gasteiger partial charge < -0.3 is 16.2 Å². The van der Waals surface area contributed by atoms with E-state index in [9.17, 15) is 14.7 Å². The van der Waals surface area contributed by atoms with Crippen molar-refractivity contribution in [2.24, 2.45) is 11.1 Å². The van der Waals surface area contributed by atoms with Crippen molar-refractivity contribution in [3.63, 3.8) is 0 Å². The largest absolute Gasteiger partial charge is 0.381 e. The van der Waals surface area contributed by atoms with Crippen LogP contribution in [0.15, 0.2) is 0 Å². The van der Waals surface area contributed by atoms with Crippen LogP contribution in [0.25, 0.3) is 0 Å². The first-order valence-electron chi connectivity index (χ1n) is 5.77. The lowest BCUT2D eigenvalue weighted by Crippen LogP contribution is -2.45. The Balaban J connectivity index is 2.48. The number of hydrogen-bond donors (Lipinski definition) is 3. The van der Waals surface area contributed by atoms with Crippen molar-refractivity contribution in [1.82, 2.24) is 5.32 Å². The molecule has 1 aliphatic carbocycles. The number of nitrogens with two attached hydrogens (primary N) is 1. The van der Waals surface area contributed by atoms with Gasteiger partial charge in [0.05, 0.1) is 6.54 Å². The van der Waals surface area contributed by atoms with Crippen LogP contribution in [0, 0.1) is 5.41 Å². The van der Waals surface area contributed by atoms with E-state index < -0.39 is 12.0 Å². The fourth-order valence-corrected chi connectivity index (χ4v) is 2.27. The van der Waals surface area contributed by atoms with Gasteiger partial charge >= 0.3 is 0 Å². The van der Waals surface area contributed by atoms with Crippen molar-refractivity contribution in [3.05, 3.63) is 0 Å². The number of aliphatic hydroxyl groups is 1. The third kappa shape index (κ3) is 2.72. The van der Waals surface area contributed by atoms with Crippen molar-refractivity contribution in [2.45, 2.75) is 45.1 Å². The molecule has 0 spiro atoms. The summed E-state index contributed by atoms with van der Waals surface area (Å²) < 4.78 is 0.